The summed E-state index contributed by atoms with van der Waals surface area (Å²) in [4.78, 5) is 17.2. The van der Waals surface area contributed by atoms with E-state index in [9.17, 15) is 4.79 Å². The zero-order valence-corrected chi connectivity index (χ0v) is 13.9. The lowest BCUT2D eigenvalue weighted by atomic mass is 9.88. The lowest BCUT2D eigenvalue weighted by molar-refractivity contribution is -0.126. The molecule has 1 aliphatic carbocycles. The standard InChI is InChI=1S/C20H22N2O2/c1-15-9-11-16(12-10-15)13-21-24-14-20(23)22-19-8-4-6-17-5-2-3-7-18(17)19/h2-3,5,7,9-13,19H,4,6,8,14H2,1H3,(H,22,23)/b21-13-/t19-/m1/s1. The molecular weight excluding hydrogens is 300 g/mol. The molecule has 1 N–H and O–H groups in total. The minimum atomic E-state index is -0.141. The largest absolute Gasteiger partial charge is 0.386 e. The molecule has 0 saturated heterocycles. The number of benzene rings is 2. The number of nitrogens with zero attached hydrogens (tertiary/aromatic N) is 1. The number of rotatable bonds is 5. The van der Waals surface area contributed by atoms with Crippen LogP contribution >= 0.6 is 0 Å². The summed E-state index contributed by atoms with van der Waals surface area (Å²) in [6, 6.07) is 16.3. The molecule has 0 spiro atoms. The highest BCUT2D eigenvalue weighted by atomic mass is 16.6. The van der Waals surface area contributed by atoms with Crippen LogP contribution in [0.4, 0.5) is 0 Å². The normalized spacial score (nSPS) is 16.6. The van der Waals surface area contributed by atoms with Crippen molar-refractivity contribution in [1.82, 2.24) is 5.32 Å². The first kappa shape index (κ1) is 16.2. The molecule has 4 nitrogen and oxygen atoms in total. The fourth-order valence-electron chi connectivity index (χ4n) is 2.99. The molecule has 2 aromatic rings. The number of carbonyl (C=O) groups excluding carboxylic acids is 1. The average Bonchev–Trinajstić information content (AvgIpc) is 2.61. The van der Waals surface area contributed by atoms with E-state index in [0.29, 0.717) is 0 Å². The predicted octanol–water partition coefficient (Wildman–Crippen LogP) is 3.54. The maximum absolute atomic E-state index is 12.1. The van der Waals surface area contributed by atoms with Gasteiger partial charge >= 0.3 is 0 Å². The highest BCUT2D eigenvalue weighted by Crippen LogP contribution is 2.29. The predicted molar refractivity (Wildman–Crippen MR) is 95.0 cm³/mol. The Kier molecular flexibility index (Phi) is 5.26. The van der Waals surface area contributed by atoms with E-state index in [0.717, 1.165) is 24.8 Å². The Morgan fingerprint density at radius 3 is 2.88 bits per heavy atom. The summed E-state index contributed by atoms with van der Waals surface area (Å²) in [5.41, 5.74) is 4.69. The summed E-state index contributed by atoms with van der Waals surface area (Å²) in [6.45, 7) is 1.96. The number of nitrogens with one attached hydrogen (secondary N) is 1. The topological polar surface area (TPSA) is 50.7 Å². The number of fused-ring (bicyclic) bond motifs is 1. The third-order valence-corrected chi connectivity index (χ3v) is 4.25. The maximum Gasteiger partial charge on any atom is 0.261 e. The summed E-state index contributed by atoms with van der Waals surface area (Å²) < 4.78 is 0. The molecule has 0 aromatic heterocycles. The quantitative estimate of drug-likeness (QED) is 0.676. The van der Waals surface area contributed by atoms with E-state index in [4.69, 9.17) is 4.84 Å². The molecular formula is C20H22N2O2. The maximum atomic E-state index is 12.1. The summed E-state index contributed by atoms with van der Waals surface area (Å²) in [6.07, 6.45) is 4.76. The van der Waals surface area contributed by atoms with Crippen LogP contribution in [0.1, 0.15) is 41.1 Å². The molecule has 0 saturated carbocycles. The van der Waals surface area contributed by atoms with Gasteiger partial charge in [0.1, 0.15) is 0 Å². The summed E-state index contributed by atoms with van der Waals surface area (Å²) in [5.74, 6) is -0.141. The second-order valence-electron chi connectivity index (χ2n) is 6.13. The Balaban J connectivity index is 1.49. The van der Waals surface area contributed by atoms with Crippen LogP contribution < -0.4 is 5.32 Å². The molecule has 1 atom stereocenters. The monoisotopic (exact) mass is 322 g/mol. The molecule has 1 amide bonds. The van der Waals surface area contributed by atoms with Gasteiger partial charge in [-0.2, -0.15) is 0 Å². The van der Waals surface area contributed by atoms with Gasteiger partial charge in [-0.05, 0) is 42.9 Å². The van der Waals surface area contributed by atoms with Crippen LogP contribution in [0.2, 0.25) is 0 Å². The zero-order chi connectivity index (χ0) is 16.8. The molecule has 1 aliphatic rings. The van der Waals surface area contributed by atoms with Gasteiger partial charge in [-0.15, -0.1) is 0 Å². The molecule has 0 bridgehead atoms. The number of hydrogen-bond donors (Lipinski definition) is 1. The van der Waals surface area contributed by atoms with Crippen LogP contribution in [0.3, 0.4) is 0 Å². The summed E-state index contributed by atoms with van der Waals surface area (Å²) in [7, 11) is 0. The number of oxime groups is 1. The molecule has 0 heterocycles. The lowest BCUT2D eigenvalue weighted by Gasteiger charge is -2.26. The van der Waals surface area contributed by atoms with Crippen molar-refractivity contribution in [2.75, 3.05) is 6.61 Å². The number of carbonyl (C=O) groups is 1. The van der Waals surface area contributed by atoms with E-state index in [1.54, 1.807) is 6.21 Å². The van der Waals surface area contributed by atoms with E-state index in [1.807, 2.05) is 43.3 Å². The minimum Gasteiger partial charge on any atom is -0.386 e. The average molecular weight is 322 g/mol. The molecule has 2 aromatic carbocycles. The fraction of sp³-hybridized carbons (Fsp3) is 0.300. The smallest absolute Gasteiger partial charge is 0.261 e. The number of hydrogen-bond acceptors (Lipinski definition) is 3. The van der Waals surface area contributed by atoms with Gasteiger partial charge in [0, 0.05) is 0 Å². The van der Waals surface area contributed by atoms with Crippen molar-refractivity contribution in [2.45, 2.75) is 32.2 Å². The first-order chi connectivity index (χ1) is 11.7. The SMILES string of the molecule is Cc1ccc(/C=N\OCC(=O)N[C@@H]2CCCc3ccccc32)cc1. The fourth-order valence-corrected chi connectivity index (χ4v) is 2.99. The van der Waals surface area contributed by atoms with Crippen LogP contribution in [-0.4, -0.2) is 18.7 Å². The van der Waals surface area contributed by atoms with Gasteiger partial charge in [-0.25, -0.2) is 0 Å². The van der Waals surface area contributed by atoms with E-state index in [1.165, 1.54) is 16.7 Å². The molecule has 3 rings (SSSR count). The Bertz CT molecular complexity index is 723. The van der Waals surface area contributed by atoms with Gasteiger partial charge in [-0.3, -0.25) is 4.79 Å². The molecule has 0 unspecified atom stereocenters. The molecule has 4 heteroatoms. The van der Waals surface area contributed by atoms with E-state index in [2.05, 4.69) is 22.6 Å². The minimum absolute atomic E-state index is 0.0684. The van der Waals surface area contributed by atoms with Gasteiger partial charge in [-0.1, -0.05) is 59.3 Å². The summed E-state index contributed by atoms with van der Waals surface area (Å²) in [5, 5.41) is 6.91. The first-order valence-corrected chi connectivity index (χ1v) is 8.31. The van der Waals surface area contributed by atoms with Crippen LogP contribution in [0.15, 0.2) is 53.7 Å². The van der Waals surface area contributed by atoms with E-state index < -0.39 is 0 Å². The Morgan fingerprint density at radius 1 is 1.25 bits per heavy atom. The van der Waals surface area contributed by atoms with E-state index in [-0.39, 0.29) is 18.6 Å². The third-order valence-electron chi connectivity index (χ3n) is 4.25. The second kappa shape index (κ2) is 7.77. The highest BCUT2D eigenvalue weighted by molar-refractivity contribution is 5.80. The van der Waals surface area contributed by atoms with Crippen LogP contribution in [0.5, 0.6) is 0 Å². The van der Waals surface area contributed by atoms with E-state index >= 15 is 0 Å². The zero-order valence-electron chi connectivity index (χ0n) is 13.9. The molecule has 0 aliphatic heterocycles. The van der Waals surface area contributed by atoms with Gasteiger partial charge in [0.2, 0.25) is 0 Å². The van der Waals surface area contributed by atoms with Crippen molar-refractivity contribution in [1.29, 1.82) is 0 Å². The van der Waals surface area contributed by atoms with Crippen LogP contribution in [0, 0.1) is 6.92 Å². The van der Waals surface area contributed by atoms with Crippen molar-refractivity contribution in [3.8, 4) is 0 Å². The molecule has 0 radical (unpaired) electrons. The number of aryl methyl sites for hydroxylation is 2. The van der Waals surface area contributed by atoms with Gasteiger partial charge in [0.15, 0.2) is 6.61 Å². The van der Waals surface area contributed by atoms with Crippen molar-refractivity contribution in [2.24, 2.45) is 5.16 Å². The van der Waals surface area contributed by atoms with Crippen molar-refractivity contribution >= 4 is 12.1 Å². The highest BCUT2D eigenvalue weighted by Gasteiger charge is 2.21. The van der Waals surface area contributed by atoms with Gasteiger partial charge in [0.25, 0.3) is 5.91 Å². The Labute approximate surface area is 142 Å². The Morgan fingerprint density at radius 2 is 2.04 bits per heavy atom. The van der Waals surface area contributed by atoms with Crippen LogP contribution in [-0.2, 0) is 16.1 Å². The molecule has 0 fully saturated rings. The van der Waals surface area contributed by atoms with Crippen molar-refractivity contribution < 1.29 is 9.63 Å². The van der Waals surface area contributed by atoms with Crippen molar-refractivity contribution in [3.05, 3.63) is 70.8 Å². The van der Waals surface area contributed by atoms with Crippen LogP contribution in [0.25, 0.3) is 0 Å². The third kappa shape index (κ3) is 4.22. The second-order valence-corrected chi connectivity index (χ2v) is 6.13. The lowest BCUT2D eigenvalue weighted by Crippen LogP contribution is -2.33. The van der Waals surface area contributed by atoms with Gasteiger partial charge < -0.3 is 10.2 Å². The van der Waals surface area contributed by atoms with Crippen molar-refractivity contribution in [3.63, 3.8) is 0 Å². The number of amides is 1. The molecule has 124 valence electrons. The summed E-state index contributed by atoms with van der Waals surface area (Å²) >= 11 is 0. The Hall–Kier alpha value is -2.62. The molecule has 24 heavy (non-hydrogen) atoms. The first-order valence-electron chi connectivity index (χ1n) is 8.31. The van der Waals surface area contributed by atoms with Gasteiger partial charge in [0.05, 0.1) is 12.3 Å².